The van der Waals surface area contributed by atoms with Crippen LogP contribution in [-0.2, 0) is 0 Å². The summed E-state index contributed by atoms with van der Waals surface area (Å²) in [5.74, 6) is -1.63. The molecular formula is C52H38N6O4. The van der Waals surface area contributed by atoms with Gasteiger partial charge >= 0.3 is 0 Å². The van der Waals surface area contributed by atoms with Gasteiger partial charge in [0, 0.05) is 31.8 Å². The SMILES string of the molecule is CN(C(=O)c1c(-n2ccc3ccccc32)ccc(-n2ccc3ccccc32)c1C=O)C(C)(C)N1C(=O)c2c(-n3ccc4ccccc43)ccc(-n3ccc4ccccc43)c2C1=O. The molecule has 62 heavy (non-hydrogen) atoms. The smallest absolute Gasteiger partial charge is 0.265 e. The third-order valence-electron chi connectivity index (χ3n) is 12.6. The van der Waals surface area contributed by atoms with E-state index in [4.69, 9.17) is 0 Å². The molecule has 0 atom stereocenters. The number of aromatic nitrogens is 4. The van der Waals surface area contributed by atoms with Gasteiger partial charge in [-0.05, 0) is 108 Å². The number of rotatable bonds is 8. The predicted molar refractivity (Wildman–Crippen MR) is 242 cm³/mol. The summed E-state index contributed by atoms with van der Waals surface area (Å²) in [5.41, 5.74) is 4.75. The highest BCUT2D eigenvalue weighted by Gasteiger charge is 2.50. The van der Waals surface area contributed by atoms with Crippen LogP contribution >= 0.6 is 0 Å². The number of carbonyl (C=O) groups excluding carboxylic acids is 4. The van der Waals surface area contributed by atoms with E-state index in [1.807, 2.05) is 189 Å². The molecule has 4 aromatic heterocycles. The lowest BCUT2D eigenvalue weighted by atomic mass is 10.00. The molecule has 3 amide bonds. The van der Waals surface area contributed by atoms with Gasteiger partial charge < -0.3 is 23.2 Å². The van der Waals surface area contributed by atoms with Gasteiger partial charge in [-0.1, -0.05) is 72.8 Å². The molecule has 300 valence electrons. The Morgan fingerprint density at radius 2 is 0.823 bits per heavy atom. The Bertz CT molecular complexity index is 3410. The molecule has 10 nitrogen and oxygen atoms in total. The van der Waals surface area contributed by atoms with E-state index in [2.05, 4.69) is 0 Å². The lowest BCUT2D eigenvalue weighted by Gasteiger charge is -2.42. The maximum atomic E-state index is 15.5. The normalized spacial score (nSPS) is 12.9. The topological polar surface area (TPSA) is 94.5 Å². The molecular weight excluding hydrogens is 773 g/mol. The minimum absolute atomic E-state index is 0.128. The molecule has 0 aliphatic carbocycles. The van der Waals surface area contributed by atoms with E-state index < -0.39 is 23.4 Å². The van der Waals surface area contributed by atoms with Crippen LogP contribution in [0.25, 0.3) is 66.4 Å². The fourth-order valence-corrected chi connectivity index (χ4v) is 9.32. The molecule has 10 aromatic rings. The van der Waals surface area contributed by atoms with Gasteiger partial charge in [0.15, 0.2) is 6.29 Å². The number of amides is 3. The second-order valence-electron chi connectivity index (χ2n) is 16.1. The number of benzene rings is 6. The van der Waals surface area contributed by atoms with Crippen molar-refractivity contribution in [1.29, 1.82) is 0 Å². The summed E-state index contributed by atoms with van der Waals surface area (Å²) in [6.07, 6.45) is 8.29. The molecule has 1 aliphatic rings. The molecule has 0 N–H and O–H groups in total. The fourth-order valence-electron chi connectivity index (χ4n) is 9.32. The number of aldehydes is 1. The number of imide groups is 1. The van der Waals surface area contributed by atoms with Crippen molar-refractivity contribution in [3.05, 3.63) is 193 Å². The maximum absolute atomic E-state index is 15.5. The third kappa shape index (κ3) is 5.23. The van der Waals surface area contributed by atoms with Crippen molar-refractivity contribution in [3.8, 4) is 22.7 Å². The Labute approximate surface area is 355 Å². The van der Waals surface area contributed by atoms with E-state index in [1.165, 1.54) is 9.80 Å². The molecule has 10 heteroatoms. The quantitative estimate of drug-likeness (QED) is 0.113. The van der Waals surface area contributed by atoms with Crippen LogP contribution in [0.5, 0.6) is 0 Å². The van der Waals surface area contributed by atoms with Crippen LogP contribution in [0.1, 0.15) is 55.3 Å². The van der Waals surface area contributed by atoms with E-state index in [0.717, 1.165) is 49.9 Å². The number of para-hydroxylation sites is 4. The van der Waals surface area contributed by atoms with Gasteiger partial charge in [-0.15, -0.1) is 0 Å². The standard InChI is InChI=1S/C52H38N6O4/c1-52(2,53(3)49(60)46-37(32-59)42(54-28-24-33-12-4-8-16-38(33)54)20-21-43(46)55-29-25-34-13-5-9-17-39(34)55)58-50(61)47-44(56-30-26-35-14-6-10-18-40(35)56)22-23-45(48(47)51(58)62)57-31-27-36-15-7-11-19-41(36)57/h4-32H,1-3H3. The Hall–Kier alpha value is -8.24. The van der Waals surface area contributed by atoms with Crippen LogP contribution in [0.4, 0.5) is 0 Å². The zero-order valence-electron chi connectivity index (χ0n) is 34.1. The van der Waals surface area contributed by atoms with E-state index in [0.29, 0.717) is 22.7 Å². The van der Waals surface area contributed by atoms with Gasteiger partial charge in [0.2, 0.25) is 0 Å². The van der Waals surface area contributed by atoms with E-state index >= 15 is 14.4 Å². The highest BCUT2D eigenvalue weighted by atomic mass is 16.2. The summed E-state index contributed by atoms with van der Waals surface area (Å²) >= 11 is 0. The number of carbonyl (C=O) groups is 4. The monoisotopic (exact) mass is 810 g/mol. The van der Waals surface area contributed by atoms with Crippen molar-refractivity contribution < 1.29 is 19.2 Å². The first-order valence-corrected chi connectivity index (χ1v) is 20.4. The summed E-state index contributed by atoms with van der Waals surface area (Å²) in [7, 11) is 1.58. The Morgan fingerprint density at radius 1 is 0.484 bits per heavy atom. The highest BCUT2D eigenvalue weighted by Crippen LogP contribution is 2.41. The summed E-state index contributed by atoms with van der Waals surface area (Å²) < 4.78 is 7.67. The second-order valence-corrected chi connectivity index (χ2v) is 16.1. The molecule has 0 bridgehead atoms. The predicted octanol–water partition coefficient (Wildman–Crippen LogP) is 10.4. The average molecular weight is 811 g/mol. The minimum atomic E-state index is -1.55. The summed E-state index contributed by atoms with van der Waals surface area (Å²) in [4.78, 5) is 62.2. The van der Waals surface area contributed by atoms with Crippen molar-refractivity contribution in [2.45, 2.75) is 19.5 Å². The largest absolute Gasteiger partial charge is 0.318 e. The number of nitrogens with zero attached hydrogens (tertiary/aromatic N) is 6. The van der Waals surface area contributed by atoms with Gasteiger partial charge in [-0.3, -0.25) is 24.1 Å². The molecule has 0 fully saturated rings. The van der Waals surface area contributed by atoms with Crippen molar-refractivity contribution in [2.24, 2.45) is 0 Å². The molecule has 0 saturated heterocycles. The van der Waals surface area contributed by atoms with Crippen LogP contribution < -0.4 is 0 Å². The molecule has 0 spiro atoms. The first-order valence-electron chi connectivity index (χ1n) is 20.4. The highest BCUT2D eigenvalue weighted by molar-refractivity contribution is 6.25. The second kappa shape index (κ2) is 13.7. The Morgan fingerprint density at radius 3 is 1.23 bits per heavy atom. The van der Waals surface area contributed by atoms with Crippen LogP contribution in [-0.4, -0.2) is 64.8 Å². The third-order valence-corrected chi connectivity index (χ3v) is 12.6. The van der Waals surface area contributed by atoms with Crippen LogP contribution in [0.3, 0.4) is 0 Å². The van der Waals surface area contributed by atoms with Gasteiger partial charge in [0.1, 0.15) is 5.66 Å². The van der Waals surface area contributed by atoms with Crippen molar-refractivity contribution in [2.75, 3.05) is 7.05 Å². The fraction of sp³-hybridized carbons (Fsp3) is 0.0769. The van der Waals surface area contributed by atoms with E-state index in [-0.39, 0.29) is 22.3 Å². The summed E-state index contributed by atoms with van der Waals surface area (Å²) in [5, 5.41) is 3.89. The van der Waals surface area contributed by atoms with Gasteiger partial charge in [0.05, 0.1) is 67.1 Å². The Kier molecular flexibility index (Phi) is 8.10. The molecule has 1 aliphatic heterocycles. The number of fused-ring (bicyclic) bond motifs is 5. The molecule has 6 aromatic carbocycles. The molecule has 5 heterocycles. The number of hydrogen-bond donors (Lipinski definition) is 0. The van der Waals surface area contributed by atoms with E-state index in [9.17, 15) is 4.79 Å². The first kappa shape index (κ1) is 36.8. The maximum Gasteiger partial charge on any atom is 0.265 e. The van der Waals surface area contributed by atoms with Crippen LogP contribution in [0, 0.1) is 0 Å². The first-order chi connectivity index (χ1) is 30.2. The van der Waals surface area contributed by atoms with Crippen molar-refractivity contribution in [3.63, 3.8) is 0 Å². The zero-order valence-corrected chi connectivity index (χ0v) is 34.1. The molecule has 11 rings (SSSR count). The average Bonchev–Trinajstić information content (AvgIpc) is 4.15. The van der Waals surface area contributed by atoms with Crippen LogP contribution in [0.15, 0.2) is 170 Å². The minimum Gasteiger partial charge on any atom is -0.318 e. The summed E-state index contributed by atoms with van der Waals surface area (Å²) in [6.45, 7) is 3.38. The van der Waals surface area contributed by atoms with Crippen LogP contribution in [0.2, 0.25) is 0 Å². The summed E-state index contributed by atoms with van der Waals surface area (Å²) in [6, 6.07) is 46.7. The molecule has 0 unspecified atom stereocenters. The lowest BCUT2D eigenvalue weighted by Crippen LogP contribution is -2.59. The van der Waals surface area contributed by atoms with Crippen molar-refractivity contribution in [1.82, 2.24) is 28.1 Å². The lowest BCUT2D eigenvalue weighted by molar-refractivity contribution is 0.00601. The van der Waals surface area contributed by atoms with Gasteiger partial charge in [0.25, 0.3) is 17.7 Å². The van der Waals surface area contributed by atoms with Gasteiger partial charge in [-0.25, -0.2) is 0 Å². The van der Waals surface area contributed by atoms with Crippen molar-refractivity contribution >= 4 is 67.6 Å². The zero-order chi connectivity index (χ0) is 42.4. The van der Waals surface area contributed by atoms with Gasteiger partial charge in [-0.2, -0.15) is 0 Å². The Balaban J connectivity index is 1.08. The van der Waals surface area contributed by atoms with E-state index in [1.54, 1.807) is 20.9 Å². The molecule has 0 saturated carbocycles. The number of hydrogen-bond acceptors (Lipinski definition) is 4. The molecule has 0 radical (unpaired) electrons.